The van der Waals surface area contributed by atoms with E-state index in [0.29, 0.717) is 23.1 Å². The minimum Gasteiger partial charge on any atom is -0.506 e. The van der Waals surface area contributed by atoms with Gasteiger partial charge in [0.15, 0.2) is 21.2 Å². The minimum absolute atomic E-state index is 0. The van der Waals surface area contributed by atoms with Gasteiger partial charge in [0.2, 0.25) is 29.8 Å². The number of aromatic hydroxyl groups is 1. The fourth-order valence-corrected chi connectivity index (χ4v) is 5.55. The van der Waals surface area contributed by atoms with Gasteiger partial charge in [-0.3, -0.25) is 28.8 Å². The maximum atomic E-state index is 11.8. The molecule has 13 N–H and O–H groups in total. The first-order valence-corrected chi connectivity index (χ1v) is 20.5. The molecule has 10 atom stereocenters. The molecule has 0 spiro atoms. The molecule has 3 aliphatic rings. The number of hydrogen-bond acceptors (Lipinski definition) is 23. The number of phenols is 1. The lowest BCUT2D eigenvalue weighted by molar-refractivity contribution is -0.279. The van der Waals surface area contributed by atoms with Gasteiger partial charge in [-0.1, -0.05) is 38.6 Å². The second-order valence-electron chi connectivity index (χ2n) is 14.4. The van der Waals surface area contributed by atoms with Crippen molar-refractivity contribution in [2.75, 3.05) is 10.6 Å². The van der Waals surface area contributed by atoms with Crippen LogP contribution in [0.25, 0.3) is 0 Å². The van der Waals surface area contributed by atoms with Crippen LogP contribution in [0.2, 0.25) is 0 Å². The Morgan fingerprint density at radius 3 is 1.69 bits per heavy atom. The predicted molar refractivity (Wildman–Crippen MR) is 238 cm³/mol. The third-order valence-corrected chi connectivity index (χ3v) is 9.13. The number of ketones is 1. The van der Waals surface area contributed by atoms with Gasteiger partial charge >= 0.3 is 18.1 Å². The fraction of sp³-hybridized carbons (Fsp3) is 0.386. The van der Waals surface area contributed by atoms with Crippen molar-refractivity contribution in [1.29, 1.82) is 0 Å². The lowest BCUT2D eigenvalue weighted by atomic mass is 9.99. The number of carbonyl (C=O) groups is 8. The maximum absolute atomic E-state index is 11.8. The number of benzene rings is 2. The Labute approximate surface area is 411 Å². The Balaban J connectivity index is 0.00000102. The molecule has 0 bridgehead atoms. The number of hydrogen-bond donors (Lipinski definition) is 13. The van der Waals surface area contributed by atoms with E-state index in [1.165, 1.54) is 43.3 Å². The summed E-state index contributed by atoms with van der Waals surface area (Å²) in [6, 6.07) is 8.59. The van der Waals surface area contributed by atoms with E-state index in [-0.39, 0.29) is 73.4 Å². The van der Waals surface area contributed by atoms with Crippen molar-refractivity contribution in [2.24, 2.45) is 0 Å². The number of amides is 3. The molecule has 2 aromatic carbocycles. The summed E-state index contributed by atoms with van der Waals surface area (Å²) >= 11 is 0. The molecule has 2 aliphatic heterocycles. The van der Waals surface area contributed by atoms with Gasteiger partial charge in [0.05, 0.1) is 17.1 Å². The summed E-state index contributed by atoms with van der Waals surface area (Å²) in [4.78, 5) is 103. The van der Waals surface area contributed by atoms with Crippen molar-refractivity contribution >= 4 is 65.9 Å². The van der Waals surface area contributed by atoms with Crippen LogP contribution < -0.4 is 20.7 Å². The molecule has 2 aromatic rings. The molecule has 4 unspecified atom stereocenters. The van der Waals surface area contributed by atoms with Gasteiger partial charge in [-0.2, -0.15) is 9.59 Å². The Hall–Kier alpha value is -7.76. The van der Waals surface area contributed by atoms with Gasteiger partial charge in [-0.05, 0) is 53.1 Å². The zero-order valence-corrected chi connectivity index (χ0v) is 38.1. The number of carboxylic acid groups (broad SMARTS) is 2. The number of aliphatic carboxylic acids is 2. The quantitative estimate of drug-likeness (QED) is 0.0736. The highest BCUT2D eigenvalue weighted by atomic mass is 16.7. The highest BCUT2D eigenvalue weighted by molar-refractivity contribution is 6.07. The van der Waals surface area contributed by atoms with E-state index in [0.717, 1.165) is 0 Å². The summed E-state index contributed by atoms with van der Waals surface area (Å²) < 4.78 is 37.2. The average Bonchev–Trinajstić information content (AvgIpc) is 3.33. The molecule has 2 saturated heterocycles. The van der Waals surface area contributed by atoms with E-state index in [4.69, 9.17) is 52.4 Å². The summed E-state index contributed by atoms with van der Waals surface area (Å²) in [6.07, 6.45) is -14.9. The van der Waals surface area contributed by atoms with Gasteiger partial charge in [-0.15, -0.1) is 0 Å². The number of phenolic OH excluding ortho intramolecular Hbond substituents is 1. The van der Waals surface area contributed by atoms with E-state index in [2.05, 4.69) is 36.7 Å². The number of allylic oxidation sites excluding steroid dienone is 4. The Morgan fingerprint density at radius 2 is 1.21 bits per heavy atom. The summed E-state index contributed by atoms with van der Waals surface area (Å²) in [6.45, 7) is 7.97. The van der Waals surface area contributed by atoms with Gasteiger partial charge in [0.25, 0.3) is 12.9 Å². The normalized spacial score (nSPS) is 24.1. The highest BCUT2D eigenvalue weighted by Gasteiger charge is 2.48. The smallest absolute Gasteiger partial charge is 0.373 e. The molecule has 0 saturated carbocycles. The first-order chi connectivity index (χ1) is 34.6. The number of anilines is 2. The summed E-state index contributed by atoms with van der Waals surface area (Å²) in [5.41, 5.74) is 2.34. The lowest BCUT2D eigenvalue weighted by Crippen LogP contribution is -2.61. The van der Waals surface area contributed by atoms with Crippen molar-refractivity contribution in [3.05, 3.63) is 83.6 Å². The van der Waals surface area contributed by atoms with E-state index >= 15 is 0 Å². The third kappa shape index (κ3) is 20.3. The molecule has 72 heavy (non-hydrogen) atoms. The van der Waals surface area contributed by atoms with Crippen molar-refractivity contribution < 1.29 is 127 Å². The van der Waals surface area contributed by atoms with Crippen LogP contribution in [0, 0.1) is 0 Å². The van der Waals surface area contributed by atoms with E-state index in [1.807, 2.05) is 0 Å². The average molecular weight is 1030 g/mol. The first kappa shape index (κ1) is 58.6. The standard InChI is InChI=1S/C17H21NO10.C11H13NO4.C9H9NO2.C6H10O7.CO2.H2/c1-2-11(20)18-9-5-8(6-26-7-19)3-4-10(9)27-17-14(23)12(21)13(22)15(28-17)16(24)25;1-2-11(15)12-9-5-8(6-16-7-13)3-4-10(9)14;1-6-3-4-9(12)8(5-6)10-7(2)11;7-1-2(8)4(5(10)11)13-6(12)3(1)9;2-1-3;/h3-5,7,12-15,17,21-23H,2,6H2,1H3,(H,18,20)(H,24,25);3-5,7,14H,2,6H2,1H3,(H,12,15);3-5H,1H2,2H3,(H,10,11);1-4,6-9,12H,(H,10,11);;1H/t12-,13-,14?,15?,17+;;;1-,2-,3?,4?,6+;;/m0..0../s1/i2*7D;;;;1+1. The van der Waals surface area contributed by atoms with Crippen molar-refractivity contribution in [1.82, 2.24) is 5.32 Å². The maximum Gasteiger partial charge on any atom is 0.373 e. The minimum atomic E-state index is -1.87. The molecule has 28 heteroatoms. The Bertz CT molecular complexity index is 2430. The van der Waals surface area contributed by atoms with Crippen LogP contribution in [0.5, 0.6) is 11.5 Å². The predicted octanol–water partition coefficient (Wildman–Crippen LogP) is -2.37. The summed E-state index contributed by atoms with van der Waals surface area (Å²) in [7, 11) is 0. The van der Waals surface area contributed by atoms with Crippen LogP contribution in [0.15, 0.2) is 72.5 Å². The number of rotatable bonds is 13. The topological polar surface area (TPSA) is 455 Å². The molecule has 3 amide bonds. The largest absolute Gasteiger partial charge is 0.506 e. The Morgan fingerprint density at radius 1 is 0.736 bits per heavy atom. The van der Waals surface area contributed by atoms with Crippen LogP contribution in [-0.4, -0.2) is 167 Å². The van der Waals surface area contributed by atoms with Crippen LogP contribution >= 0.6 is 0 Å². The number of ether oxygens (including phenoxy) is 5. The van der Waals surface area contributed by atoms with E-state index in [9.17, 15) is 58.8 Å². The molecule has 2 fully saturated rings. The van der Waals surface area contributed by atoms with E-state index < -0.39 is 92.2 Å². The zero-order chi connectivity index (χ0) is 56.6. The van der Waals surface area contributed by atoms with Gasteiger partial charge < -0.3 is 90.7 Å². The molecule has 5 rings (SSSR count). The van der Waals surface area contributed by atoms with Gasteiger partial charge in [0, 0.05) is 21.2 Å². The molecule has 1 aliphatic carbocycles. The molecule has 2 heterocycles. The monoisotopic (exact) mass is 1030 g/mol. The van der Waals surface area contributed by atoms with E-state index in [1.54, 1.807) is 32.1 Å². The van der Waals surface area contributed by atoms with Crippen molar-refractivity contribution in [2.45, 2.75) is 108 Å². The molecular formula is C44H55N3O25. The van der Waals surface area contributed by atoms with Crippen molar-refractivity contribution in [3.8, 4) is 11.5 Å². The van der Waals surface area contributed by atoms with Crippen LogP contribution in [0.1, 0.15) is 48.9 Å². The summed E-state index contributed by atoms with van der Waals surface area (Å²) in [5, 5.41) is 100. The number of carboxylic acids is 2. The highest BCUT2D eigenvalue weighted by Crippen LogP contribution is 2.31. The van der Waals surface area contributed by atoms with Crippen LogP contribution in [0.3, 0.4) is 0 Å². The summed E-state index contributed by atoms with van der Waals surface area (Å²) in [5.74, 6) is -4.25. The van der Waals surface area contributed by atoms with Crippen LogP contribution in [0.4, 0.5) is 11.4 Å². The van der Waals surface area contributed by atoms with Gasteiger partial charge in [-0.25, -0.2) is 9.59 Å². The Kier molecular flexibility index (Phi) is 25.6. The first-order valence-electron chi connectivity index (χ1n) is 21.5. The van der Waals surface area contributed by atoms with Crippen molar-refractivity contribution in [3.63, 3.8) is 0 Å². The van der Waals surface area contributed by atoms with Gasteiger partial charge in [0.1, 0.15) is 61.3 Å². The lowest BCUT2D eigenvalue weighted by Gasteiger charge is -2.38. The number of carbonyl (C=O) groups excluding carboxylic acids is 8. The number of nitrogens with one attached hydrogen (secondary N) is 3. The molecular weight excluding hydrogens is 970 g/mol. The number of aliphatic hydroxyl groups is 7. The number of aliphatic hydroxyl groups excluding tert-OH is 7. The fourth-order valence-electron chi connectivity index (χ4n) is 5.55. The molecule has 0 radical (unpaired) electrons. The molecule has 396 valence electrons. The second-order valence-corrected chi connectivity index (χ2v) is 14.4. The van der Waals surface area contributed by atoms with Crippen LogP contribution in [-0.2, 0) is 80.1 Å². The third-order valence-electron chi connectivity index (χ3n) is 9.13. The molecule has 28 nitrogen and oxygen atoms in total. The molecule has 0 aromatic heterocycles. The second kappa shape index (κ2) is 31.5. The zero-order valence-electron chi connectivity index (χ0n) is 40.1. The SMILES string of the molecule is C=C1C=CC(=O)C(NC(C)=O)=C1.O=C(O)C1O[C@@H](O)C(O)[C@@H](O)[C@@H]1O.O=C=O.[2HH].[2H]C(=O)OCc1ccc(O)c(NC(=O)CC)c1.[2H]C(=O)OCc1ccc(O[C@@H]2OC(C(=O)O)[C@@H](O)[C@H](O)C2O)c(NC(=O)CC)c1.